The Labute approximate surface area is 174 Å². The van der Waals surface area contributed by atoms with Gasteiger partial charge in [-0.15, -0.1) is 0 Å². The normalized spacial score (nSPS) is 10.7. The van der Waals surface area contributed by atoms with Crippen LogP contribution in [0.25, 0.3) is 16.9 Å². The van der Waals surface area contributed by atoms with Gasteiger partial charge >= 0.3 is 0 Å². The van der Waals surface area contributed by atoms with E-state index in [0.29, 0.717) is 24.2 Å². The summed E-state index contributed by atoms with van der Waals surface area (Å²) >= 11 is 0. The van der Waals surface area contributed by atoms with Crippen molar-refractivity contribution in [2.75, 3.05) is 6.54 Å². The second-order valence-electron chi connectivity index (χ2n) is 6.87. The van der Waals surface area contributed by atoms with E-state index in [1.807, 2.05) is 60.7 Å². The summed E-state index contributed by atoms with van der Waals surface area (Å²) in [6, 6.07) is 23.9. The zero-order valence-corrected chi connectivity index (χ0v) is 16.2. The van der Waals surface area contributed by atoms with Crippen LogP contribution in [-0.4, -0.2) is 32.4 Å². The lowest BCUT2D eigenvalue weighted by Gasteiger charge is -2.07. The van der Waals surface area contributed by atoms with Crippen LogP contribution in [0.2, 0.25) is 0 Å². The van der Waals surface area contributed by atoms with Crippen LogP contribution < -0.4 is 5.32 Å². The fourth-order valence-corrected chi connectivity index (χ4v) is 3.20. The minimum absolute atomic E-state index is 0.163. The van der Waals surface area contributed by atoms with Crippen molar-refractivity contribution in [3.8, 4) is 28.4 Å². The Kier molecular flexibility index (Phi) is 5.48. The highest BCUT2D eigenvalue weighted by atomic mass is 16.3. The molecule has 0 unspecified atom stereocenters. The number of carbonyl (C=O) groups excluding carboxylic acids is 1. The Bertz CT molecular complexity index is 1160. The number of rotatable bonds is 6. The second-order valence-corrected chi connectivity index (χ2v) is 6.87. The number of amides is 1. The average molecular weight is 399 g/mol. The van der Waals surface area contributed by atoms with Gasteiger partial charge in [0.25, 0.3) is 5.91 Å². The molecule has 1 heterocycles. The fraction of sp³-hybridized carbons (Fsp3) is 0.0833. The molecule has 0 fully saturated rings. The Morgan fingerprint density at radius 1 is 0.900 bits per heavy atom. The van der Waals surface area contributed by atoms with Gasteiger partial charge in [-0.3, -0.25) is 4.79 Å². The van der Waals surface area contributed by atoms with Gasteiger partial charge in [0.2, 0.25) is 0 Å². The number of phenols is 2. The maximum atomic E-state index is 12.9. The van der Waals surface area contributed by atoms with E-state index in [-0.39, 0.29) is 17.4 Å². The highest BCUT2D eigenvalue weighted by molar-refractivity contribution is 5.99. The number of hydrogen-bond donors (Lipinski definition) is 3. The van der Waals surface area contributed by atoms with Gasteiger partial charge in [-0.25, -0.2) is 4.68 Å². The van der Waals surface area contributed by atoms with Gasteiger partial charge < -0.3 is 15.5 Å². The van der Waals surface area contributed by atoms with Gasteiger partial charge in [0.15, 0.2) is 11.5 Å². The number of benzene rings is 3. The number of aromatic nitrogens is 2. The van der Waals surface area contributed by atoms with Crippen molar-refractivity contribution in [3.05, 3.63) is 96.2 Å². The van der Waals surface area contributed by atoms with E-state index in [4.69, 9.17) is 0 Å². The lowest BCUT2D eigenvalue weighted by Crippen LogP contribution is -2.25. The topological polar surface area (TPSA) is 87.4 Å². The van der Waals surface area contributed by atoms with Crippen molar-refractivity contribution in [2.45, 2.75) is 6.42 Å². The van der Waals surface area contributed by atoms with Crippen LogP contribution in [0.15, 0.2) is 85.1 Å². The molecule has 3 aromatic carbocycles. The Balaban J connectivity index is 1.56. The molecule has 6 nitrogen and oxygen atoms in total. The van der Waals surface area contributed by atoms with Crippen LogP contribution in [0.1, 0.15) is 15.9 Å². The van der Waals surface area contributed by atoms with E-state index in [1.165, 1.54) is 12.1 Å². The molecule has 0 aliphatic carbocycles. The maximum absolute atomic E-state index is 12.9. The van der Waals surface area contributed by atoms with Crippen LogP contribution in [0.3, 0.4) is 0 Å². The molecular formula is C24H21N3O3. The molecule has 0 spiro atoms. The third kappa shape index (κ3) is 4.17. The van der Waals surface area contributed by atoms with E-state index < -0.39 is 0 Å². The number of phenolic OH excluding ortho intramolecular Hbond substituents is 2. The zero-order chi connectivity index (χ0) is 20.9. The van der Waals surface area contributed by atoms with Crippen LogP contribution in [0, 0.1) is 0 Å². The minimum atomic E-state index is -0.223. The summed E-state index contributed by atoms with van der Waals surface area (Å²) in [5.74, 6) is -0.558. The van der Waals surface area contributed by atoms with Gasteiger partial charge in [0.1, 0.15) is 5.69 Å². The first-order valence-electron chi connectivity index (χ1n) is 9.61. The number of aromatic hydroxyl groups is 2. The largest absolute Gasteiger partial charge is 0.504 e. The third-order valence-electron chi connectivity index (χ3n) is 4.77. The average Bonchev–Trinajstić information content (AvgIpc) is 3.23. The van der Waals surface area contributed by atoms with Gasteiger partial charge in [0, 0.05) is 18.3 Å². The van der Waals surface area contributed by atoms with E-state index >= 15 is 0 Å². The molecule has 6 heteroatoms. The first kappa shape index (κ1) is 19.3. The third-order valence-corrected chi connectivity index (χ3v) is 4.77. The SMILES string of the molecule is O=C(NCCc1ccc(O)c(O)c1)c1cn(-c2ccccc2)nc1-c1ccccc1. The molecule has 0 aliphatic heterocycles. The Morgan fingerprint density at radius 3 is 2.30 bits per heavy atom. The van der Waals surface area contributed by atoms with Crippen molar-refractivity contribution in [3.63, 3.8) is 0 Å². The van der Waals surface area contributed by atoms with Crippen molar-refractivity contribution in [2.24, 2.45) is 0 Å². The van der Waals surface area contributed by atoms with Gasteiger partial charge in [-0.1, -0.05) is 54.6 Å². The predicted molar refractivity (Wildman–Crippen MR) is 115 cm³/mol. The molecule has 1 aromatic heterocycles. The quantitative estimate of drug-likeness (QED) is 0.429. The van der Waals surface area contributed by atoms with Crippen molar-refractivity contribution in [1.82, 2.24) is 15.1 Å². The monoisotopic (exact) mass is 399 g/mol. The smallest absolute Gasteiger partial charge is 0.255 e. The molecule has 4 rings (SSSR count). The Hall–Kier alpha value is -4.06. The summed E-state index contributed by atoms with van der Waals surface area (Å²) in [6.07, 6.45) is 2.26. The van der Waals surface area contributed by atoms with E-state index in [2.05, 4.69) is 10.4 Å². The number of nitrogens with zero attached hydrogens (tertiary/aromatic N) is 2. The molecule has 150 valence electrons. The number of hydrogen-bond acceptors (Lipinski definition) is 4. The fourth-order valence-electron chi connectivity index (χ4n) is 3.20. The predicted octanol–water partition coefficient (Wildman–Crippen LogP) is 3.92. The number of para-hydroxylation sites is 1. The first-order chi connectivity index (χ1) is 14.6. The zero-order valence-electron chi connectivity index (χ0n) is 16.2. The highest BCUT2D eigenvalue weighted by Gasteiger charge is 2.18. The molecule has 0 bridgehead atoms. The molecule has 0 aliphatic rings. The van der Waals surface area contributed by atoms with Gasteiger partial charge in [0.05, 0.1) is 11.3 Å². The van der Waals surface area contributed by atoms with Gasteiger partial charge in [-0.05, 0) is 36.2 Å². The lowest BCUT2D eigenvalue weighted by molar-refractivity contribution is 0.0954. The molecule has 0 radical (unpaired) electrons. The van der Waals surface area contributed by atoms with Crippen molar-refractivity contribution in [1.29, 1.82) is 0 Å². The number of carbonyl (C=O) groups is 1. The van der Waals surface area contributed by atoms with Gasteiger partial charge in [-0.2, -0.15) is 5.10 Å². The molecule has 0 saturated carbocycles. The van der Waals surface area contributed by atoms with Crippen LogP contribution in [0.5, 0.6) is 11.5 Å². The van der Waals surface area contributed by atoms with Crippen LogP contribution >= 0.6 is 0 Å². The number of nitrogens with one attached hydrogen (secondary N) is 1. The molecular weight excluding hydrogens is 378 g/mol. The molecule has 0 atom stereocenters. The van der Waals surface area contributed by atoms with Crippen molar-refractivity contribution >= 4 is 5.91 Å². The van der Waals surface area contributed by atoms with E-state index in [9.17, 15) is 15.0 Å². The standard InChI is InChI=1S/C24H21N3O3/c28-21-12-11-17(15-22(21)29)13-14-25-24(30)20-16-27(19-9-5-2-6-10-19)26-23(20)18-7-3-1-4-8-18/h1-12,15-16,28-29H,13-14H2,(H,25,30). The molecule has 4 aromatic rings. The molecule has 1 amide bonds. The van der Waals surface area contributed by atoms with E-state index in [1.54, 1.807) is 16.9 Å². The Morgan fingerprint density at radius 2 is 1.60 bits per heavy atom. The summed E-state index contributed by atoms with van der Waals surface area (Å²) in [6.45, 7) is 0.383. The first-order valence-corrected chi connectivity index (χ1v) is 9.61. The minimum Gasteiger partial charge on any atom is -0.504 e. The lowest BCUT2D eigenvalue weighted by atomic mass is 10.1. The maximum Gasteiger partial charge on any atom is 0.255 e. The summed E-state index contributed by atoms with van der Waals surface area (Å²) < 4.78 is 1.70. The second kappa shape index (κ2) is 8.53. The van der Waals surface area contributed by atoms with Crippen LogP contribution in [0.4, 0.5) is 0 Å². The molecule has 0 saturated heterocycles. The molecule has 30 heavy (non-hydrogen) atoms. The summed E-state index contributed by atoms with van der Waals surface area (Å²) in [5, 5.41) is 26.6. The van der Waals surface area contributed by atoms with Crippen molar-refractivity contribution < 1.29 is 15.0 Å². The summed E-state index contributed by atoms with van der Waals surface area (Å²) in [7, 11) is 0. The summed E-state index contributed by atoms with van der Waals surface area (Å²) in [5.41, 5.74) is 3.64. The summed E-state index contributed by atoms with van der Waals surface area (Å²) in [4.78, 5) is 12.9. The molecule has 3 N–H and O–H groups in total. The highest BCUT2D eigenvalue weighted by Crippen LogP contribution is 2.25. The van der Waals surface area contributed by atoms with E-state index in [0.717, 1.165) is 16.8 Å². The van der Waals surface area contributed by atoms with Crippen LogP contribution in [-0.2, 0) is 6.42 Å².